The Labute approximate surface area is 141 Å². The molecule has 0 radical (unpaired) electrons. The predicted octanol–water partition coefficient (Wildman–Crippen LogP) is 2.97. The summed E-state index contributed by atoms with van der Waals surface area (Å²) in [5.41, 5.74) is 2.97. The molecule has 0 spiro atoms. The van der Waals surface area contributed by atoms with Gasteiger partial charge >= 0.3 is 0 Å². The lowest BCUT2D eigenvalue weighted by molar-refractivity contribution is -0.128. The zero-order valence-electron chi connectivity index (χ0n) is 14.0. The van der Waals surface area contributed by atoms with Crippen molar-refractivity contribution in [2.45, 2.75) is 39.4 Å². The molecule has 6 heteroatoms. The van der Waals surface area contributed by atoms with E-state index < -0.39 is 0 Å². The summed E-state index contributed by atoms with van der Waals surface area (Å²) in [6.07, 6.45) is 0.163. The molecule has 1 N–H and O–H groups in total. The third-order valence-electron chi connectivity index (χ3n) is 3.66. The molecule has 124 valence electrons. The van der Waals surface area contributed by atoms with Crippen molar-refractivity contribution in [1.29, 1.82) is 0 Å². The van der Waals surface area contributed by atoms with Crippen LogP contribution in [0, 0.1) is 13.8 Å². The van der Waals surface area contributed by atoms with Crippen LogP contribution < -0.4 is 5.32 Å². The fourth-order valence-electron chi connectivity index (χ4n) is 2.51. The number of aryl methyl sites for hydroxylation is 2. The first-order valence-electron chi connectivity index (χ1n) is 7.85. The molecule has 1 aliphatic rings. The lowest BCUT2D eigenvalue weighted by atomic mass is 10.1. The van der Waals surface area contributed by atoms with E-state index in [9.17, 15) is 9.59 Å². The third-order valence-corrected chi connectivity index (χ3v) is 4.87. The number of hydrogen-bond acceptors (Lipinski definition) is 4. The molecule has 1 saturated heterocycles. The maximum absolute atomic E-state index is 12.4. The van der Waals surface area contributed by atoms with Crippen molar-refractivity contribution < 1.29 is 9.59 Å². The average Bonchev–Trinajstić information content (AvgIpc) is 2.78. The van der Waals surface area contributed by atoms with Crippen molar-refractivity contribution >= 4 is 34.4 Å². The highest BCUT2D eigenvalue weighted by Gasteiger charge is 2.38. The van der Waals surface area contributed by atoms with E-state index in [1.54, 1.807) is 4.90 Å². The summed E-state index contributed by atoms with van der Waals surface area (Å²) in [5, 5.41) is 3.24. The van der Waals surface area contributed by atoms with Crippen LogP contribution in [0.25, 0.3) is 0 Å². The number of amides is 2. The second-order valence-electron chi connectivity index (χ2n) is 5.52. The van der Waals surface area contributed by atoms with Gasteiger partial charge in [0.05, 0.1) is 0 Å². The highest BCUT2D eigenvalue weighted by atomic mass is 32.2. The second-order valence-corrected chi connectivity index (χ2v) is 6.69. The lowest BCUT2D eigenvalue weighted by Gasteiger charge is -2.13. The van der Waals surface area contributed by atoms with Gasteiger partial charge in [0.15, 0.2) is 5.17 Å². The van der Waals surface area contributed by atoms with Gasteiger partial charge in [-0.2, -0.15) is 0 Å². The quantitative estimate of drug-likeness (QED) is 0.901. The normalized spacial score (nSPS) is 19.5. The maximum Gasteiger partial charge on any atom is 0.242 e. The average molecular weight is 333 g/mol. The van der Waals surface area contributed by atoms with Gasteiger partial charge in [0.1, 0.15) is 5.25 Å². The minimum Gasteiger partial charge on any atom is -0.326 e. The fraction of sp³-hybridized carbons (Fsp3) is 0.471. The van der Waals surface area contributed by atoms with Crippen LogP contribution in [-0.4, -0.2) is 40.2 Å². The van der Waals surface area contributed by atoms with Gasteiger partial charge in [0.25, 0.3) is 0 Å². The van der Waals surface area contributed by atoms with Crippen molar-refractivity contribution in [2.75, 3.05) is 18.4 Å². The van der Waals surface area contributed by atoms with E-state index >= 15 is 0 Å². The van der Waals surface area contributed by atoms with E-state index in [1.807, 2.05) is 45.9 Å². The summed E-state index contributed by atoms with van der Waals surface area (Å²) >= 11 is 1.39. The highest BCUT2D eigenvalue weighted by molar-refractivity contribution is 8.15. The van der Waals surface area contributed by atoms with Crippen LogP contribution in [0.1, 0.15) is 31.4 Å². The molecule has 1 aromatic carbocycles. The topological polar surface area (TPSA) is 61.8 Å². The van der Waals surface area contributed by atoms with E-state index in [1.165, 1.54) is 11.8 Å². The molecule has 5 nitrogen and oxygen atoms in total. The molecule has 1 fully saturated rings. The van der Waals surface area contributed by atoms with Crippen molar-refractivity contribution in [3.63, 3.8) is 0 Å². The Bertz CT molecular complexity index is 643. The van der Waals surface area contributed by atoms with Gasteiger partial charge in [-0.3, -0.25) is 19.5 Å². The van der Waals surface area contributed by atoms with E-state index in [-0.39, 0.29) is 23.5 Å². The van der Waals surface area contributed by atoms with Gasteiger partial charge in [-0.25, -0.2) is 0 Å². The molecule has 0 aliphatic carbocycles. The van der Waals surface area contributed by atoms with Crippen molar-refractivity contribution in [3.05, 3.63) is 29.3 Å². The number of benzene rings is 1. The Morgan fingerprint density at radius 2 is 2.09 bits per heavy atom. The Morgan fingerprint density at radius 3 is 2.70 bits per heavy atom. The molecule has 0 saturated carbocycles. The summed E-state index contributed by atoms with van der Waals surface area (Å²) < 4.78 is 0. The number of anilines is 1. The largest absolute Gasteiger partial charge is 0.326 e. The van der Waals surface area contributed by atoms with Gasteiger partial charge in [-0.1, -0.05) is 29.5 Å². The smallest absolute Gasteiger partial charge is 0.242 e. The highest BCUT2D eigenvalue weighted by Crippen LogP contribution is 2.29. The van der Waals surface area contributed by atoms with Crippen molar-refractivity contribution in [2.24, 2.45) is 4.99 Å². The number of aliphatic imine (C=N–C) groups is 1. The molecule has 1 heterocycles. The zero-order chi connectivity index (χ0) is 17.0. The lowest BCUT2D eigenvalue weighted by Crippen LogP contribution is -2.33. The molecule has 1 aromatic rings. The summed E-state index contributed by atoms with van der Waals surface area (Å²) in [4.78, 5) is 30.6. The molecule has 2 amide bonds. The molecule has 0 bridgehead atoms. The van der Waals surface area contributed by atoms with Gasteiger partial charge < -0.3 is 5.32 Å². The molecule has 1 aliphatic heterocycles. The molecule has 0 aromatic heterocycles. The first-order valence-corrected chi connectivity index (χ1v) is 8.73. The molecule has 0 unspecified atom stereocenters. The van der Waals surface area contributed by atoms with Crippen LogP contribution >= 0.6 is 11.8 Å². The van der Waals surface area contributed by atoms with Crippen LogP contribution in [0.4, 0.5) is 5.69 Å². The van der Waals surface area contributed by atoms with Crippen LogP contribution in [0.3, 0.4) is 0 Å². The van der Waals surface area contributed by atoms with E-state index in [0.717, 1.165) is 22.0 Å². The molecular formula is C17H23N3O2S. The fourth-order valence-corrected chi connectivity index (χ4v) is 3.78. The minimum atomic E-state index is -0.383. The second kappa shape index (κ2) is 7.64. The number of nitrogens with one attached hydrogen (secondary N) is 1. The van der Waals surface area contributed by atoms with Crippen LogP contribution in [0.2, 0.25) is 0 Å². The number of carbonyl (C=O) groups is 2. The standard InChI is InChI=1S/C17H23N3O2S/c1-5-18-17-20(6-2)16(22)14(23-17)10-15(21)19-13-8-7-11(3)9-12(13)4/h7-9,14H,5-6,10H2,1-4H3,(H,19,21)/t14-/m0/s1. The maximum atomic E-state index is 12.4. The van der Waals surface area contributed by atoms with Gasteiger partial charge in [-0.15, -0.1) is 0 Å². The molecular weight excluding hydrogens is 310 g/mol. The molecule has 2 rings (SSSR count). The number of carbonyl (C=O) groups excluding carboxylic acids is 2. The van der Waals surface area contributed by atoms with Crippen molar-refractivity contribution in [3.8, 4) is 0 Å². The third kappa shape index (κ3) is 4.13. The monoisotopic (exact) mass is 333 g/mol. The van der Waals surface area contributed by atoms with E-state index in [2.05, 4.69) is 10.3 Å². The summed E-state index contributed by atoms with van der Waals surface area (Å²) in [6, 6.07) is 5.88. The Kier molecular flexibility index (Phi) is 5.82. The zero-order valence-corrected chi connectivity index (χ0v) is 14.9. The number of rotatable bonds is 5. The molecule has 23 heavy (non-hydrogen) atoms. The van der Waals surface area contributed by atoms with Gasteiger partial charge in [0.2, 0.25) is 11.8 Å². The Morgan fingerprint density at radius 1 is 1.35 bits per heavy atom. The number of hydrogen-bond donors (Lipinski definition) is 1. The Hall–Kier alpha value is -1.82. The van der Waals surface area contributed by atoms with E-state index in [0.29, 0.717) is 13.1 Å². The molecule has 1 atom stereocenters. The van der Waals surface area contributed by atoms with Crippen molar-refractivity contribution in [1.82, 2.24) is 4.90 Å². The van der Waals surface area contributed by atoms with Crippen LogP contribution in [-0.2, 0) is 9.59 Å². The summed E-state index contributed by atoms with van der Waals surface area (Å²) in [5.74, 6) is -0.169. The van der Waals surface area contributed by atoms with Gasteiger partial charge in [-0.05, 0) is 39.3 Å². The SMILES string of the molecule is CCN=C1S[C@@H](CC(=O)Nc2ccc(C)cc2C)C(=O)N1CC. The Balaban J connectivity index is 2.03. The van der Waals surface area contributed by atoms with Gasteiger partial charge in [0, 0.05) is 25.2 Å². The minimum absolute atomic E-state index is 0.0273. The van der Waals surface area contributed by atoms with Crippen LogP contribution in [0.5, 0.6) is 0 Å². The first kappa shape index (κ1) is 17.5. The predicted molar refractivity (Wildman–Crippen MR) is 95.9 cm³/mol. The van der Waals surface area contributed by atoms with E-state index in [4.69, 9.17) is 0 Å². The first-order chi connectivity index (χ1) is 11.0. The number of nitrogens with zero attached hydrogens (tertiary/aromatic N) is 2. The summed E-state index contributed by atoms with van der Waals surface area (Å²) in [7, 11) is 0. The van der Waals surface area contributed by atoms with Crippen LogP contribution in [0.15, 0.2) is 23.2 Å². The summed E-state index contributed by atoms with van der Waals surface area (Å²) in [6.45, 7) is 9.05. The number of thioether (sulfide) groups is 1. The number of amidine groups is 1.